The topological polar surface area (TPSA) is 69.6 Å². The molecule has 3 N–H and O–H groups in total. The van der Waals surface area contributed by atoms with Crippen LogP contribution in [0.1, 0.15) is 35.2 Å². The van der Waals surface area contributed by atoms with E-state index in [2.05, 4.69) is 5.32 Å². The first-order chi connectivity index (χ1) is 12.2. The van der Waals surface area contributed by atoms with E-state index >= 15 is 0 Å². The lowest BCUT2D eigenvalue weighted by Crippen LogP contribution is -2.44. The number of hydrogen-bond acceptors (Lipinski definition) is 3. The van der Waals surface area contributed by atoms with Gasteiger partial charge < -0.3 is 15.5 Å². The predicted octanol–water partition coefficient (Wildman–Crippen LogP) is 2.78. The van der Waals surface area contributed by atoms with Crippen molar-refractivity contribution in [3.63, 3.8) is 0 Å². The molecule has 0 spiro atoms. The van der Waals surface area contributed by atoms with Crippen molar-refractivity contribution in [2.45, 2.75) is 25.7 Å². The van der Waals surface area contributed by atoms with E-state index in [1.807, 2.05) is 48.5 Å². The molecule has 0 radical (unpaired) electrons. The van der Waals surface area contributed by atoms with Crippen molar-refractivity contribution in [3.05, 3.63) is 59.7 Å². The highest BCUT2D eigenvalue weighted by Crippen LogP contribution is 2.39. The van der Waals surface area contributed by atoms with E-state index in [0.717, 1.165) is 36.0 Å². The minimum atomic E-state index is -0.105. The van der Waals surface area contributed by atoms with Crippen LogP contribution in [0, 0.1) is 5.41 Å². The summed E-state index contributed by atoms with van der Waals surface area (Å²) in [5.74, 6) is -0.0930. The second kappa shape index (κ2) is 7.81. The molecule has 0 unspecified atom stereocenters. The van der Waals surface area contributed by atoms with Gasteiger partial charge in [0, 0.05) is 24.1 Å². The number of hydrogen-bond donors (Lipinski definition) is 3. The third-order valence-corrected chi connectivity index (χ3v) is 5.21. The Kier molecular flexibility index (Phi) is 5.51. The van der Waals surface area contributed by atoms with Crippen molar-refractivity contribution >= 4 is 5.91 Å². The van der Waals surface area contributed by atoms with E-state index in [1.54, 1.807) is 0 Å². The Morgan fingerprint density at radius 1 is 0.960 bits per heavy atom. The first-order valence-electron chi connectivity index (χ1n) is 8.85. The molecule has 1 fully saturated rings. The highest BCUT2D eigenvalue weighted by atomic mass is 16.3. The van der Waals surface area contributed by atoms with Crippen LogP contribution in [0.25, 0.3) is 11.1 Å². The molecule has 0 atom stereocenters. The second-order valence-corrected chi connectivity index (χ2v) is 6.94. The molecule has 2 aromatic rings. The van der Waals surface area contributed by atoms with Crippen LogP contribution in [0.4, 0.5) is 0 Å². The largest absolute Gasteiger partial charge is 0.396 e. The Bertz CT molecular complexity index is 697. The molecule has 0 heterocycles. The summed E-state index contributed by atoms with van der Waals surface area (Å²) in [6.45, 7) is 0.829. The number of aliphatic hydroxyl groups excluding tert-OH is 2. The molecule has 1 aliphatic rings. The summed E-state index contributed by atoms with van der Waals surface area (Å²) in [6, 6.07) is 15.6. The quantitative estimate of drug-likeness (QED) is 0.726. The average molecular weight is 339 g/mol. The Labute approximate surface area is 148 Å². The molecule has 25 heavy (non-hydrogen) atoms. The summed E-state index contributed by atoms with van der Waals surface area (Å²) in [6.07, 6.45) is 3.75. The SMILES string of the molecule is O=C(NCC1(CO)CCC1)c1ccc(-c2ccc(CCO)cc2)cc1. The predicted molar refractivity (Wildman–Crippen MR) is 98.4 cm³/mol. The summed E-state index contributed by atoms with van der Waals surface area (Å²) in [5, 5.41) is 21.4. The van der Waals surface area contributed by atoms with Gasteiger partial charge in [-0.3, -0.25) is 4.79 Å². The van der Waals surface area contributed by atoms with Gasteiger partial charge in [-0.2, -0.15) is 0 Å². The van der Waals surface area contributed by atoms with Crippen LogP contribution < -0.4 is 5.32 Å². The molecular weight excluding hydrogens is 314 g/mol. The molecule has 4 nitrogen and oxygen atoms in total. The highest BCUT2D eigenvalue weighted by molar-refractivity contribution is 5.94. The summed E-state index contributed by atoms with van der Waals surface area (Å²) >= 11 is 0. The number of carbonyl (C=O) groups excluding carboxylic acids is 1. The fraction of sp³-hybridized carbons (Fsp3) is 0.381. The lowest BCUT2D eigenvalue weighted by atomic mass is 9.69. The van der Waals surface area contributed by atoms with E-state index in [4.69, 9.17) is 5.11 Å². The van der Waals surface area contributed by atoms with Gasteiger partial charge in [0.05, 0.1) is 6.61 Å². The Morgan fingerprint density at radius 2 is 1.56 bits per heavy atom. The van der Waals surface area contributed by atoms with Crippen molar-refractivity contribution in [2.75, 3.05) is 19.8 Å². The van der Waals surface area contributed by atoms with Gasteiger partial charge in [-0.1, -0.05) is 42.8 Å². The fourth-order valence-corrected chi connectivity index (χ4v) is 3.24. The van der Waals surface area contributed by atoms with Crippen LogP contribution >= 0.6 is 0 Å². The summed E-state index contributed by atoms with van der Waals surface area (Å²) < 4.78 is 0. The van der Waals surface area contributed by atoms with E-state index in [0.29, 0.717) is 18.5 Å². The summed E-state index contributed by atoms with van der Waals surface area (Å²) in [4.78, 5) is 12.3. The van der Waals surface area contributed by atoms with Crippen molar-refractivity contribution < 1.29 is 15.0 Å². The number of aliphatic hydroxyl groups is 2. The van der Waals surface area contributed by atoms with Crippen LogP contribution in [0.2, 0.25) is 0 Å². The number of carbonyl (C=O) groups is 1. The van der Waals surface area contributed by atoms with E-state index < -0.39 is 0 Å². The molecule has 0 aromatic heterocycles. The number of benzene rings is 2. The van der Waals surface area contributed by atoms with Gasteiger partial charge in [0.1, 0.15) is 0 Å². The standard InChI is InChI=1S/C21H25NO3/c23-13-10-16-2-4-17(5-3-16)18-6-8-19(9-7-18)20(25)22-14-21(15-24)11-1-12-21/h2-9,23-24H,1,10-15H2,(H,22,25). The van der Waals surface area contributed by atoms with Gasteiger partial charge in [0.2, 0.25) is 0 Å². The molecule has 1 amide bonds. The van der Waals surface area contributed by atoms with E-state index in [9.17, 15) is 9.90 Å². The van der Waals surface area contributed by atoms with Crippen LogP contribution in [0.15, 0.2) is 48.5 Å². The minimum Gasteiger partial charge on any atom is -0.396 e. The number of rotatable bonds is 7. The first-order valence-corrected chi connectivity index (χ1v) is 8.85. The summed E-state index contributed by atoms with van der Waals surface area (Å²) in [5.41, 5.74) is 3.77. The smallest absolute Gasteiger partial charge is 0.251 e. The molecule has 1 saturated carbocycles. The van der Waals surface area contributed by atoms with Crippen molar-refractivity contribution in [1.82, 2.24) is 5.32 Å². The Hall–Kier alpha value is -2.17. The van der Waals surface area contributed by atoms with Gasteiger partial charge in [0.15, 0.2) is 0 Å². The fourth-order valence-electron chi connectivity index (χ4n) is 3.24. The molecular formula is C21H25NO3. The number of amides is 1. The lowest BCUT2D eigenvalue weighted by Gasteiger charge is -2.40. The van der Waals surface area contributed by atoms with Gasteiger partial charge in [-0.15, -0.1) is 0 Å². The van der Waals surface area contributed by atoms with Crippen molar-refractivity contribution in [2.24, 2.45) is 5.41 Å². The van der Waals surface area contributed by atoms with Gasteiger partial charge in [-0.05, 0) is 48.1 Å². The molecule has 0 bridgehead atoms. The van der Waals surface area contributed by atoms with Crippen LogP contribution in [0.3, 0.4) is 0 Å². The Morgan fingerprint density at radius 3 is 2.04 bits per heavy atom. The zero-order chi connectivity index (χ0) is 17.7. The first kappa shape index (κ1) is 17.6. The molecule has 0 saturated heterocycles. The minimum absolute atomic E-state index is 0.0930. The van der Waals surface area contributed by atoms with Crippen LogP contribution in [0.5, 0.6) is 0 Å². The van der Waals surface area contributed by atoms with Crippen molar-refractivity contribution in [1.29, 1.82) is 0 Å². The third-order valence-electron chi connectivity index (χ3n) is 5.21. The van der Waals surface area contributed by atoms with Gasteiger partial charge in [-0.25, -0.2) is 0 Å². The zero-order valence-electron chi connectivity index (χ0n) is 14.4. The van der Waals surface area contributed by atoms with Crippen LogP contribution in [-0.4, -0.2) is 35.9 Å². The Balaban J connectivity index is 1.62. The maximum absolute atomic E-state index is 12.3. The molecule has 1 aliphatic carbocycles. The average Bonchev–Trinajstić information content (AvgIpc) is 2.62. The van der Waals surface area contributed by atoms with E-state index in [-0.39, 0.29) is 24.5 Å². The maximum Gasteiger partial charge on any atom is 0.251 e. The van der Waals surface area contributed by atoms with E-state index in [1.165, 1.54) is 0 Å². The van der Waals surface area contributed by atoms with Gasteiger partial charge in [0.25, 0.3) is 5.91 Å². The molecule has 2 aromatic carbocycles. The normalized spacial score (nSPS) is 15.4. The zero-order valence-corrected chi connectivity index (χ0v) is 14.4. The van der Waals surface area contributed by atoms with Crippen LogP contribution in [-0.2, 0) is 6.42 Å². The second-order valence-electron chi connectivity index (χ2n) is 6.94. The molecule has 132 valence electrons. The highest BCUT2D eigenvalue weighted by Gasteiger charge is 2.36. The monoisotopic (exact) mass is 339 g/mol. The number of nitrogens with one attached hydrogen (secondary N) is 1. The molecule has 4 heteroatoms. The molecule has 3 rings (SSSR count). The maximum atomic E-state index is 12.3. The van der Waals surface area contributed by atoms with Gasteiger partial charge >= 0.3 is 0 Å². The third kappa shape index (κ3) is 4.09. The summed E-state index contributed by atoms with van der Waals surface area (Å²) in [7, 11) is 0. The molecule has 0 aliphatic heterocycles. The van der Waals surface area contributed by atoms with Crippen molar-refractivity contribution in [3.8, 4) is 11.1 Å². The lowest BCUT2D eigenvalue weighted by molar-refractivity contribution is 0.0429.